The molecule has 0 bridgehead atoms. The lowest BCUT2D eigenvalue weighted by Crippen LogP contribution is -2.35. The van der Waals surface area contributed by atoms with Crippen LogP contribution in [0.1, 0.15) is 57.9 Å². The summed E-state index contributed by atoms with van der Waals surface area (Å²) in [6, 6.07) is 2.90. The number of rotatable bonds is 6. The van der Waals surface area contributed by atoms with E-state index in [4.69, 9.17) is 0 Å². The molecule has 1 N–H and O–H groups in total. The van der Waals surface area contributed by atoms with Crippen molar-refractivity contribution in [3.8, 4) is 0 Å². The topological polar surface area (TPSA) is 28.2 Å². The molecule has 0 aliphatic carbocycles. The normalized spacial score (nSPS) is 19.9. The zero-order chi connectivity index (χ0) is 14.2. The molecule has 112 valence electrons. The first kappa shape index (κ1) is 15.3. The summed E-state index contributed by atoms with van der Waals surface area (Å²) in [5, 5.41) is 3.51. The van der Waals surface area contributed by atoms with Gasteiger partial charge in [0.2, 0.25) is 0 Å². The molecule has 2 heterocycles. The van der Waals surface area contributed by atoms with Gasteiger partial charge < -0.3 is 10.2 Å². The summed E-state index contributed by atoms with van der Waals surface area (Å²) in [5.41, 5.74) is 2.75. The molecule has 1 fully saturated rings. The van der Waals surface area contributed by atoms with E-state index in [0.29, 0.717) is 6.04 Å². The van der Waals surface area contributed by atoms with Gasteiger partial charge in [-0.1, -0.05) is 26.7 Å². The van der Waals surface area contributed by atoms with Gasteiger partial charge in [0, 0.05) is 42.8 Å². The molecule has 0 spiro atoms. The highest BCUT2D eigenvalue weighted by atomic mass is 15.2. The van der Waals surface area contributed by atoms with Crippen LogP contribution in [0.25, 0.3) is 0 Å². The minimum atomic E-state index is 0.699. The Morgan fingerprint density at radius 3 is 3.00 bits per heavy atom. The van der Waals surface area contributed by atoms with E-state index in [1.165, 1.54) is 56.3 Å². The van der Waals surface area contributed by atoms with Gasteiger partial charge in [-0.25, -0.2) is 0 Å². The summed E-state index contributed by atoms with van der Waals surface area (Å²) < 4.78 is 0. The quantitative estimate of drug-likeness (QED) is 0.802. The number of anilines is 1. The second-order valence-electron chi connectivity index (χ2n) is 5.79. The van der Waals surface area contributed by atoms with Crippen molar-refractivity contribution in [2.24, 2.45) is 0 Å². The average Bonchev–Trinajstić information content (AvgIpc) is 2.73. The first-order chi connectivity index (χ1) is 9.86. The zero-order valence-corrected chi connectivity index (χ0v) is 13.1. The zero-order valence-electron chi connectivity index (χ0n) is 13.1. The van der Waals surface area contributed by atoms with Gasteiger partial charge >= 0.3 is 0 Å². The lowest BCUT2D eigenvalue weighted by molar-refractivity contribution is 0.553. The van der Waals surface area contributed by atoms with Crippen molar-refractivity contribution in [3.63, 3.8) is 0 Å². The number of hydrogen-bond donors (Lipinski definition) is 1. The number of nitrogens with zero attached hydrogens (tertiary/aromatic N) is 2. The van der Waals surface area contributed by atoms with E-state index in [9.17, 15) is 0 Å². The van der Waals surface area contributed by atoms with Crippen LogP contribution in [-0.4, -0.2) is 24.1 Å². The molecular formula is C17H29N3. The second-order valence-corrected chi connectivity index (χ2v) is 5.79. The molecule has 1 atom stereocenters. The van der Waals surface area contributed by atoms with Crippen LogP contribution in [0, 0.1) is 0 Å². The van der Waals surface area contributed by atoms with E-state index >= 15 is 0 Å². The second kappa shape index (κ2) is 8.25. The molecule has 20 heavy (non-hydrogen) atoms. The number of pyridine rings is 1. The van der Waals surface area contributed by atoms with Crippen molar-refractivity contribution in [2.75, 3.05) is 18.0 Å². The molecule has 3 nitrogen and oxygen atoms in total. The molecule has 1 aromatic heterocycles. The first-order valence-electron chi connectivity index (χ1n) is 8.27. The van der Waals surface area contributed by atoms with Gasteiger partial charge in [0.05, 0.1) is 0 Å². The Morgan fingerprint density at radius 2 is 2.20 bits per heavy atom. The van der Waals surface area contributed by atoms with Gasteiger partial charge in [-0.15, -0.1) is 0 Å². The third-order valence-electron chi connectivity index (χ3n) is 4.28. The van der Waals surface area contributed by atoms with Crippen molar-refractivity contribution in [2.45, 2.75) is 65.0 Å². The van der Waals surface area contributed by atoms with Crippen molar-refractivity contribution in [3.05, 3.63) is 24.0 Å². The minimum absolute atomic E-state index is 0.699. The first-order valence-corrected chi connectivity index (χ1v) is 8.27. The molecule has 0 saturated carbocycles. The molecule has 3 heteroatoms. The Bertz CT molecular complexity index is 392. The van der Waals surface area contributed by atoms with E-state index in [-0.39, 0.29) is 0 Å². The van der Waals surface area contributed by atoms with Gasteiger partial charge in [-0.3, -0.25) is 4.98 Å². The lowest BCUT2D eigenvalue weighted by Gasteiger charge is -2.33. The standard InChI is InChI=1S/C17H29N3/c1-3-10-18-13-15-14-19-11-9-17(15)20-12-7-5-6-8-16(20)4-2/h9,11,14,16,18H,3-8,10,12-13H2,1-2H3. The lowest BCUT2D eigenvalue weighted by atomic mass is 10.1. The van der Waals surface area contributed by atoms with Crippen molar-refractivity contribution in [1.82, 2.24) is 10.3 Å². The predicted molar refractivity (Wildman–Crippen MR) is 86.1 cm³/mol. The highest BCUT2D eigenvalue weighted by Crippen LogP contribution is 2.28. The highest BCUT2D eigenvalue weighted by molar-refractivity contribution is 5.53. The number of nitrogens with one attached hydrogen (secondary N) is 1. The maximum Gasteiger partial charge on any atom is 0.0445 e. The van der Waals surface area contributed by atoms with E-state index in [0.717, 1.165) is 13.1 Å². The van der Waals surface area contributed by atoms with Crippen LogP contribution in [0.15, 0.2) is 18.5 Å². The third-order valence-corrected chi connectivity index (χ3v) is 4.28. The van der Waals surface area contributed by atoms with Crippen LogP contribution >= 0.6 is 0 Å². The Balaban J connectivity index is 2.16. The van der Waals surface area contributed by atoms with Crippen LogP contribution in [0.4, 0.5) is 5.69 Å². The molecule has 0 amide bonds. The average molecular weight is 275 g/mol. The van der Waals surface area contributed by atoms with Crippen LogP contribution in [0.5, 0.6) is 0 Å². The Kier molecular flexibility index (Phi) is 6.31. The number of aromatic nitrogens is 1. The predicted octanol–water partition coefficient (Wildman–Crippen LogP) is 3.74. The molecule has 1 unspecified atom stereocenters. The van der Waals surface area contributed by atoms with Gasteiger partial charge in [-0.05, 0) is 38.3 Å². The van der Waals surface area contributed by atoms with Gasteiger partial charge in [0.25, 0.3) is 0 Å². The molecule has 1 saturated heterocycles. The van der Waals surface area contributed by atoms with E-state index in [1.807, 2.05) is 12.4 Å². The maximum atomic E-state index is 4.33. The Labute approximate surface area is 123 Å². The third kappa shape index (κ3) is 3.95. The van der Waals surface area contributed by atoms with Gasteiger partial charge in [0.1, 0.15) is 0 Å². The maximum absolute atomic E-state index is 4.33. The molecule has 2 rings (SSSR count). The molecule has 1 aliphatic heterocycles. The minimum Gasteiger partial charge on any atom is -0.368 e. The van der Waals surface area contributed by atoms with E-state index < -0.39 is 0 Å². The molecule has 0 aromatic carbocycles. The largest absolute Gasteiger partial charge is 0.368 e. The SMILES string of the molecule is CCCNCc1cnccc1N1CCCCCC1CC. The van der Waals surface area contributed by atoms with Crippen LogP contribution in [-0.2, 0) is 6.54 Å². The van der Waals surface area contributed by atoms with Gasteiger partial charge in [0.15, 0.2) is 0 Å². The summed E-state index contributed by atoms with van der Waals surface area (Å²) >= 11 is 0. The van der Waals surface area contributed by atoms with Crippen LogP contribution in [0.2, 0.25) is 0 Å². The van der Waals surface area contributed by atoms with Gasteiger partial charge in [-0.2, -0.15) is 0 Å². The van der Waals surface area contributed by atoms with E-state index in [2.05, 4.69) is 35.1 Å². The summed E-state index contributed by atoms with van der Waals surface area (Å²) in [6.07, 6.45) is 11.8. The van der Waals surface area contributed by atoms with Crippen molar-refractivity contribution in [1.29, 1.82) is 0 Å². The fraction of sp³-hybridized carbons (Fsp3) is 0.706. The van der Waals surface area contributed by atoms with Crippen molar-refractivity contribution < 1.29 is 0 Å². The Morgan fingerprint density at radius 1 is 1.30 bits per heavy atom. The summed E-state index contributed by atoms with van der Waals surface area (Å²) in [6.45, 7) is 7.73. The highest BCUT2D eigenvalue weighted by Gasteiger charge is 2.21. The smallest absolute Gasteiger partial charge is 0.0445 e. The molecule has 1 aliphatic rings. The number of hydrogen-bond acceptors (Lipinski definition) is 3. The van der Waals surface area contributed by atoms with Crippen LogP contribution in [0.3, 0.4) is 0 Å². The summed E-state index contributed by atoms with van der Waals surface area (Å²) in [7, 11) is 0. The molecule has 0 radical (unpaired) electrons. The molecular weight excluding hydrogens is 246 g/mol. The fourth-order valence-electron chi connectivity index (χ4n) is 3.16. The monoisotopic (exact) mass is 275 g/mol. The Hall–Kier alpha value is -1.09. The van der Waals surface area contributed by atoms with Crippen LogP contribution < -0.4 is 10.2 Å². The fourth-order valence-corrected chi connectivity index (χ4v) is 3.16. The molecule has 1 aromatic rings. The van der Waals surface area contributed by atoms with E-state index in [1.54, 1.807) is 0 Å². The summed E-state index contributed by atoms with van der Waals surface area (Å²) in [4.78, 5) is 6.96. The summed E-state index contributed by atoms with van der Waals surface area (Å²) in [5.74, 6) is 0. The van der Waals surface area contributed by atoms with Crippen molar-refractivity contribution >= 4 is 5.69 Å².